The molecule has 0 bridgehead atoms. The van der Waals surface area contributed by atoms with Gasteiger partial charge in [0.15, 0.2) is 5.78 Å². The maximum absolute atomic E-state index is 13.8. The van der Waals surface area contributed by atoms with Crippen LogP contribution in [0, 0.1) is 5.82 Å². The molecule has 1 heterocycles. The van der Waals surface area contributed by atoms with Crippen LogP contribution in [0.3, 0.4) is 0 Å². The Morgan fingerprint density at radius 2 is 1.71 bits per heavy atom. The molecule has 2 aliphatic rings. The Balaban J connectivity index is 1.61. The van der Waals surface area contributed by atoms with Gasteiger partial charge in [0.25, 0.3) is 5.91 Å². The zero-order chi connectivity index (χ0) is 26.8. The Hall–Kier alpha value is -4.39. The lowest BCUT2D eigenvalue weighted by Crippen LogP contribution is -2.37. The monoisotopic (exact) mass is 512 g/mol. The summed E-state index contributed by atoms with van der Waals surface area (Å²) in [6.45, 7) is 1.84. The second kappa shape index (κ2) is 10.5. The normalized spacial score (nSPS) is 19.0. The van der Waals surface area contributed by atoms with Gasteiger partial charge in [-0.2, -0.15) is 0 Å². The fourth-order valence-corrected chi connectivity index (χ4v) is 5.40. The number of anilines is 1. The average Bonchev–Trinajstić information content (AvgIpc) is 2.93. The van der Waals surface area contributed by atoms with Crippen LogP contribution >= 0.6 is 0 Å². The van der Waals surface area contributed by atoms with Crippen LogP contribution in [0.5, 0.6) is 11.5 Å². The number of hydrogen-bond donors (Lipinski definition) is 2. The van der Waals surface area contributed by atoms with Crippen molar-refractivity contribution in [1.29, 1.82) is 0 Å². The molecule has 5 rings (SSSR count). The average molecular weight is 513 g/mol. The molecule has 38 heavy (non-hydrogen) atoms. The predicted octanol–water partition coefficient (Wildman–Crippen LogP) is 5.84. The predicted molar refractivity (Wildman–Crippen MR) is 144 cm³/mol. The van der Waals surface area contributed by atoms with E-state index >= 15 is 0 Å². The summed E-state index contributed by atoms with van der Waals surface area (Å²) in [5, 5.41) is 6.26. The molecule has 1 amide bonds. The molecular weight excluding hydrogens is 483 g/mol. The summed E-state index contributed by atoms with van der Waals surface area (Å²) in [4.78, 5) is 27.6. The number of nitrogens with one attached hydrogen (secondary N) is 2. The number of dihydropyridines is 1. The van der Waals surface area contributed by atoms with E-state index in [-0.39, 0.29) is 17.6 Å². The summed E-state index contributed by atoms with van der Waals surface area (Å²) < 4.78 is 24.5. The second-order valence-electron chi connectivity index (χ2n) is 9.50. The molecule has 0 saturated heterocycles. The van der Waals surface area contributed by atoms with E-state index < -0.39 is 11.7 Å². The zero-order valence-electron chi connectivity index (χ0n) is 21.5. The number of halogens is 1. The molecule has 3 aromatic rings. The van der Waals surface area contributed by atoms with E-state index in [1.54, 1.807) is 26.4 Å². The molecule has 2 N–H and O–H groups in total. The van der Waals surface area contributed by atoms with E-state index in [1.807, 2.05) is 43.3 Å². The van der Waals surface area contributed by atoms with Crippen molar-refractivity contribution < 1.29 is 23.5 Å². The smallest absolute Gasteiger partial charge is 0.254 e. The molecule has 6 nitrogen and oxygen atoms in total. The first-order valence-electron chi connectivity index (χ1n) is 12.5. The maximum atomic E-state index is 13.8. The summed E-state index contributed by atoms with van der Waals surface area (Å²) >= 11 is 0. The fraction of sp³-hybridized carbons (Fsp3) is 0.226. The summed E-state index contributed by atoms with van der Waals surface area (Å²) in [6.07, 6.45) is 0.982. The first-order valence-corrected chi connectivity index (χ1v) is 12.5. The number of carbonyl (C=O) groups excluding carboxylic acids is 2. The summed E-state index contributed by atoms with van der Waals surface area (Å²) in [5.41, 5.74) is 4.68. The fourth-order valence-electron chi connectivity index (χ4n) is 5.40. The highest BCUT2D eigenvalue weighted by Gasteiger charge is 2.42. The lowest BCUT2D eigenvalue weighted by Gasteiger charge is -2.37. The number of amides is 1. The molecule has 2 unspecified atom stereocenters. The minimum absolute atomic E-state index is 0.0185. The highest BCUT2D eigenvalue weighted by Crippen LogP contribution is 2.48. The molecular formula is C31H29FN2O4. The Bertz CT molecular complexity index is 1440. The van der Waals surface area contributed by atoms with Gasteiger partial charge in [0.1, 0.15) is 17.3 Å². The summed E-state index contributed by atoms with van der Waals surface area (Å²) in [6, 6.07) is 21.0. The zero-order valence-corrected chi connectivity index (χ0v) is 21.5. The van der Waals surface area contributed by atoms with Crippen molar-refractivity contribution in [3.05, 3.63) is 112 Å². The van der Waals surface area contributed by atoms with Crippen molar-refractivity contribution >= 4 is 17.4 Å². The van der Waals surface area contributed by atoms with Crippen LogP contribution in [0.25, 0.3) is 0 Å². The van der Waals surface area contributed by atoms with Crippen LogP contribution in [-0.4, -0.2) is 25.9 Å². The molecule has 2 atom stereocenters. The number of rotatable bonds is 6. The quantitative estimate of drug-likeness (QED) is 0.434. The third-order valence-corrected chi connectivity index (χ3v) is 7.20. The molecule has 7 heteroatoms. The van der Waals surface area contributed by atoms with Crippen LogP contribution in [0.4, 0.5) is 10.1 Å². The van der Waals surface area contributed by atoms with Gasteiger partial charge in [0.05, 0.1) is 20.1 Å². The van der Waals surface area contributed by atoms with E-state index in [0.717, 1.165) is 11.3 Å². The van der Waals surface area contributed by atoms with E-state index in [9.17, 15) is 14.0 Å². The largest absolute Gasteiger partial charge is 0.497 e. The first-order chi connectivity index (χ1) is 18.4. The third kappa shape index (κ3) is 4.79. The number of carbonyl (C=O) groups is 2. The second-order valence-corrected chi connectivity index (χ2v) is 9.50. The SMILES string of the molecule is COc1ccc(C2C(C(=O)Nc3ccc(F)cc3)=C(C)NC3=C2C(=O)CC(c2ccccc2)C3)c(OC)c1. The van der Waals surface area contributed by atoms with Crippen LogP contribution in [0.2, 0.25) is 0 Å². The van der Waals surface area contributed by atoms with Crippen LogP contribution in [-0.2, 0) is 9.59 Å². The van der Waals surface area contributed by atoms with Gasteiger partial charge in [-0.15, -0.1) is 0 Å². The van der Waals surface area contributed by atoms with Crippen molar-refractivity contribution in [3.8, 4) is 11.5 Å². The number of allylic oxidation sites excluding steroid dienone is 3. The Morgan fingerprint density at radius 1 is 0.974 bits per heavy atom. The van der Waals surface area contributed by atoms with Crippen LogP contribution < -0.4 is 20.1 Å². The summed E-state index contributed by atoms with van der Waals surface area (Å²) in [7, 11) is 3.12. The number of Topliss-reactive ketones (excluding diaryl/α,β-unsaturated/α-hetero) is 1. The molecule has 0 fully saturated rings. The third-order valence-electron chi connectivity index (χ3n) is 7.20. The molecule has 1 aliphatic heterocycles. The number of ketones is 1. The van der Waals surface area contributed by atoms with Crippen LogP contribution in [0.1, 0.15) is 42.7 Å². The molecule has 194 valence electrons. The Labute approximate surface area is 221 Å². The highest BCUT2D eigenvalue weighted by atomic mass is 19.1. The van der Waals surface area contributed by atoms with Crippen molar-refractivity contribution in [2.75, 3.05) is 19.5 Å². The number of benzene rings is 3. The van der Waals surface area contributed by atoms with Gasteiger partial charge in [-0.25, -0.2) is 4.39 Å². The minimum Gasteiger partial charge on any atom is -0.497 e. The number of hydrogen-bond acceptors (Lipinski definition) is 5. The van der Waals surface area contributed by atoms with Gasteiger partial charge in [0.2, 0.25) is 0 Å². The van der Waals surface area contributed by atoms with E-state index in [1.165, 1.54) is 24.3 Å². The van der Waals surface area contributed by atoms with E-state index in [4.69, 9.17) is 9.47 Å². The van der Waals surface area contributed by atoms with Gasteiger partial charge >= 0.3 is 0 Å². The molecule has 0 spiro atoms. The topological polar surface area (TPSA) is 76.7 Å². The standard InChI is InChI=1S/C31H29FN2O4/c1-18-28(31(36)34-22-11-9-21(32)10-12-22)29(24-14-13-23(37-2)17-27(24)38-3)30-25(33-18)15-20(16-26(30)35)19-7-5-4-6-8-19/h4-14,17,20,29,33H,15-16H2,1-3H3,(H,34,36). The molecule has 0 radical (unpaired) electrons. The molecule has 0 saturated carbocycles. The van der Waals surface area contributed by atoms with Crippen molar-refractivity contribution in [2.24, 2.45) is 0 Å². The Morgan fingerprint density at radius 3 is 2.39 bits per heavy atom. The molecule has 0 aromatic heterocycles. The van der Waals surface area contributed by atoms with E-state index in [0.29, 0.717) is 52.4 Å². The maximum Gasteiger partial charge on any atom is 0.254 e. The van der Waals surface area contributed by atoms with E-state index in [2.05, 4.69) is 10.6 Å². The molecule has 3 aromatic carbocycles. The lowest BCUT2D eigenvalue weighted by atomic mass is 9.71. The van der Waals surface area contributed by atoms with Gasteiger partial charge in [-0.1, -0.05) is 36.4 Å². The van der Waals surface area contributed by atoms with Gasteiger partial charge in [0, 0.05) is 46.3 Å². The first kappa shape index (κ1) is 25.3. The number of ether oxygens (including phenoxy) is 2. The summed E-state index contributed by atoms with van der Waals surface area (Å²) in [5.74, 6) is -0.294. The highest BCUT2D eigenvalue weighted by molar-refractivity contribution is 6.10. The van der Waals surface area contributed by atoms with Gasteiger partial charge < -0.3 is 20.1 Å². The van der Waals surface area contributed by atoms with Crippen LogP contribution in [0.15, 0.2) is 95.3 Å². The van der Waals surface area contributed by atoms with Gasteiger partial charge in [-0.05, 0) is 55.2 Å². The van der Waals surface area contributed by atoms with Crippen molar-refractivity contribution in [2.45, 2.75) is 31.6 Å². The van der Waals surface area contributed by atoms with Crippen molar-refractivity contribution in [3.63, 3.8) is 0 Å². The minimum atomic E-state index is -0.656. The Kier molecular flexibility index (Phi) is 7.01. The molecule has 1 aliphatic carbocycles. The lowest BCUT2D eigenvalue weighted by molar-refractivity contribution is -0.116. The van der Waals surface area contributed by atoms with Gasteiger partial charge in [-0.3, -0.25) is 9.59 Å². The van der Waals surface area contributed by atoms with Crippen molar-refractivity contribution in [1.82, 2.24) is 5.32 Å². The number of methoxy groups -OCH3 is 2.